The van der Waals surface area contributed by atoms with Gasteiger partial charge >= 0.3 is 0 Å². The van der Waals surface area contributed by atoms with Crippen LogP contribution in [-0.4, -0.2) is 32.6 Å². The molecule has 0 aromatic heterocycles. The van der Waals surface area contributed by atoms with Crippen LogP contribution >= 0.6 is 0 Å². The van der Waals surface area contributed by atoms with Crippen LogP contribution in [-0.2, 0) is 4.79 Å². The first-order chi connectivity index (χ1) is 9.19. The van der Waals surface area contributed by atoms with Gasteiger partial charge in [-0.3, -0.25) is 4.79 Å². The molecule has 0 unspecified atom stereocenters. The van der Waals surface area contributed by atoms with E-state index in [0.717, 1.165) is 24.7 Å². The van der Waals surface area contributed by atoms with E-state index in [2.05, 4.69) is 34.6 Å². The molecule has 1 aliphatic heterocycles. The van der Waals surface area contributed by atoms with Gasteiger partial charge in [0.05, 0.1) is 6.54 Å². The highest BCUT2D eigenvalue weighted by molar-refractivity contribution is 5.92. The van der Waals surface area contributed by atoms with E-state index >= 15 is 0 Å². The number of nitrogens with one attached hydrogen (secondary N) is 2. The van der Waals surface area contributed by atoms with Crippen LogP contribution in [0.3, 0.4) is 0 Å². The second kappa shape index (κ2) is 6.57. The standard InChI is InChI=1S/C15H23N3O/c1-12-6-8-18(9-7-12)14-5-3-4-13(10-14)17-15(19)11-16-2/h3-5,10,12,16H,6-9,11H2,1-2H3,(H,17,19). The molecule has 1 amide bonds. The monoisotopic (exact) mass is 261 g/mol. The van der Waals surface area contributed by atoms with Crippen LogP contribution < -0.4 is 15.5 Å². The van der Waals surface area contributed by atoms with E-state index in [9.17, 15) is 4.79 Å². The molecule has 1 aromatic rings. The van der Waals surface area contributed by atoms with Gasteiger partial charge in [-0.25, -0.2) is 0 Å². The van der Waals surface area contributed by atoms with Crippen molar-refractivity contribution < 1.29 is 4.79 Å². The molecule has 1 saturated heterocycles. The summed E-state index contributed by atoms with van der Waals surface area (Å²) in [5.41, 5.74) is 2.07. The minimum atomic E-state index is -0.00748. The van der Waals surface area contributed by atoms with Crippen molar-refractivity contribution in [1.82, 2.24) is 5.32 Å². The maximum Gasteiger partial charge on any atom is 0.238 e. The lowest BCUT2D eigenvalue weighted by Gasteiger charge is -2.32. The number of benzene rings is 1. The van der Waals surface area contributed by atoms with E-state index in [1.54, 1.807) is 7.05 Å². The largest absolute Gasteiger partial charge is 0.371 e. The first-order valence-corrected chi connectivity index (χ1v) is 6.98. The predicted molar refractivity (Wildman–Crippen MR) is 79.6 cm³/mol. The van der Waals surface area contributed by atoms with Crippen molar-refractivity contribution in [3.63, 3.8) is 0 Å². The Kier molecular flexibility index (Phi) is 4.80. The Hall–Kier alpha value is -1.55. The van der Waals surface area contributed by atoms with Gasteiger partial charge in [-0.05, 0) is 44.0 Å². The molecule has 0 radical (unpaired) electrons. The molecule has 19 heavy (non-hydrogen) atoms. The molecule has 1 aromatic carbocycles. The zero-order valence-electron chi connectivity index (χ0n) is 11.8. The van der Waals surface area contributed by atoms with Gasteiger partial charge < -0.3 is 15.5 Å². The summed E-state index contributed by atoms with van der Waals surface area (Å²) in [6.07, 6.45) is 2.49. The smallest absolute Gasteiger partial charge is 0.238 e. The minimum absolute atomic E-state index is 0.00748. The van der Waals surface area contributed by atoms with Crippen LogP contribution in [0.5, 0.6) is 0 Å². The number of amides is 1. The first kappa shape index (κ1) is 13.9. The second-order valence-corrected chi connectivity index (χ2v) is 5.30. The molecule has 0 atom stereocenters. The fourth-order valence-electron chi connectivity index (χ4n) is 2.41. The number of rotatable bonds is 4. The van der Waals surface area contributed by atoms with Gasteiger partial charge in [-0.15, -0.1) is 0 Å². The Morgan fingerprint density at radius 3 is 2.79 bits per heavy atom. The van der Waals surface area contributed by atoms with Crippen LogP contribution in [0.4, 0.5) is 11.4 Å². The van der Waals surface area contributed by atoms with E-state index in [1.807, 2.05) is 12.1 Å². The van der Waals surface area contributed by atoms with Crippen molar-refractivity contribution in [3.05, 3.63) is 24.3 Å². The molecule has 104 valence electrons. The van der Waals surface area contributed by atoms with Gasteiger partial charge in [-0.2, -0.15) is 0 Å². The molecule has 4 nitrogen and oxygen atoms in total. The van der Waals surface area contributed by atoms with Crippen molar-refractivity contribution in [2.24, 2.45) is 5.92 Å². The molecule has 0 aliphatic carbocycles. The summed E-state index contributed by atoms with van der Waals surface area (Å²) in [5.74, 6) is 0.821. The summed E-state index contributed by atoms with van der Waals surface area (Å²) in [7, 11) is 1.77. The van der Waals surface area contributed by atoms with Crippen LogP contribution in [0.25, 0.3) is 0 Å². The summed E-state index contributed by atoms with van der Waals surface area (Å²) in [5, 5.41) is 5.75. The lowest BCUT2D eigenvalue weighted by Crippen LogP contribution is -2.32. The van der Waals surface area contributed by atoms with Gasteiger partial charge in [-0.1, -0.05) is 13.0 Å². The van der Waals surface area contributed by atoms with Gasteiger partial charge in [0.25, 0.3) is 0 Å². The van der Waals surface area contributed by atoms with Crippen molar-refractivity contribution in [1.29, 1.82) is 0 Å². The van der Waals surface area contributed by atoms with Crippen molar-refractivity contribution in [3.8, 4) is 0 Å². The number of anilines is 2. The molecular weight excluding hydrogens is 238 g/mol. The average molecular weight is 261 g/mol. The van der Waals surface area contributed by atoms with Crippen LogP contribution in [0.15, 0.2) is 24.3 Å². The fourth-order valence-corrected chi connectivity index (χ4v) is 2.41. The summed E-state index contributed by atoms with van der Waals surface area (Å²) < 4.78 is 0. The average Bonchev–Trinajstić information content (AvgIpc) is 2.40. The first-order valence-electron chi connectivity index (χ1n) is 6.98. The zero-order valence-corrected chi connectivity index (χ0v) is 11.8. The maximum atomic E-state index is 11.6. The number of carbonyl (C=O) groups excluding carboxylic acids is 1. The highest BCUT2D eigenvalue weighted by atomic mass is 16.1. The molecule has 4 heteroatoms. The topological polar surface area (TPSA) is 44.4 Å². The molecule has 0 saturated carbocycles. The Bertz CT molecular complexity index is 425. The Morgan fingerprint density at radius 1 is 1.37 bits per heavy atom. The Balaban J connectivity index is 2.00. The highest BCUT2D eigenvalue weighted by Crippen LogP contribution is 2.25. The maximum absolute atomic E-state index is 11.6. The summed E-state index contributed by atoms with van der Waals surface area (Å²) >= 11 is 0. The molecular formula is C15H23N3O. The van der Waals surface area contributed by atoms with E-state index < -0.39 is 0 Å². The van der Waals surface area contributed by atoms with Gasteiger partial charge in [0.1, 0.15) is 0 Å². The number of piperidine rings is 1. The quantitative estimate of drug-likeness (QED) is 0.872. The lowest BCUT2D eigenvalue weighted by molar-refractivity contribution is -0.115. The Morgan fingerprint density at radius 2 is 2.11 bits per heavy atom. The summed E-state index contributed by atoms with van der Waals surface area (Å²) in [6.45, 7) is 4.86. The molecule has 0 spiro atoms. The van der Waals surface area contributed by atoms with E-state index in [4.69, 9.17) is 0 Å². The number of carbonyl (C=O) groups is 1. The van der Waals surface area contributed by atoms with Crippen molar-refractivity contribution in [2.45, 2.75) is 19.8 Å². The third-order valence-corrected chi connectivity index (χ3v) is 3.62. The summed E-state index contributed by atoms with van der Waals surface area (Å²) in [6, 6.07) is 8.11. The zero-order chi connectivity index (χ0) is 13.7. The number of hydrogen-bond donors (Lipinski definition) is 2. The van der Waals surface area contributed by atoms with Crippen molar-refractivity contribution in [2.75, 3.05) is 36.9 Å². The van der Waals surface area contributed by atoms with E-state index in [-0.39, 0.29) is 5.91 Å². The van der Waals surface area contributed by atoms with Crippen LogP contribution in [0, 0.1) is 5.92 Å². The lowest BCUT2D eigenvalue weighted by atomic mass is 9.99. The molecule has 2 rings (SSSR count). The second-order valence-electron chi connectivity index (χ2n) is 5.30. The van der Waals surface area contributed by atoms with Crippen LogP contribution in [0.2, 0.25) is 0 Å². The van der Waals surface area contributed by atoms with Gasteiger partial charge in [0, 0.05) is 24.5 Å². The molecule has 2 N–H and O–H groups in total. The van der Waals surface area contributed by atoms with Gasteiger partial charge in [0.2, 0.25) is 5.91 Å². The number of nitrogens with zero attached hydrogens (tertiary/aromatic N) is 1. The summed E-state index contributed by atoms with van der Waals surface area (Å²) in [4.78, 5) is 14.0. The van der Waals surface area contributed by atoms with E-state index in [1.165, 1.54) is 18.5 Å². The van der Waals surface area contributed by atoms with Crippen LogP contribution in [0.1, 0.15) is 19.8 Å². The normalized spacial score (nSPS) is 16.4. The highest BCUT2D eigenvalue weighted by Gasteiger charge is 2.16. The molecule has 1 heterocycles. The van der Waals surface area contributed by atoms with E-state index in [0.29, 0.717) is 6.54 Å². The number of likely N-dealkylation sites (N-methyl/N-ethyl adjacent to an activating group) is 1. The third-order valence-electron chi connectivity index (χ3n) is 3.62. The fraction of sp³-hybridized carbons (Fsp3) is 0.533. The molecule has 1 aliphatic rings. The Labute approximate surface area is 115 Å². The minimum Gasteiger partial charge on any atom is -0.371 e. The van der Waals surface area contributed by atoms with Gasteiger partial charge in [0.15, 0.2) is 0 Å². The predicted octanol–water partition coefficient (Wildman–Crippen LogP) is 2.08. The number of hydrogen-bond acceptors (Lipinski definition) is 3. The molecule has 0 bridgehead atoms. The SMILES string of the molecule is CNCC(=O)Nc1cccc(N2CCC(C)CC2)c1. The van der Waals surface area contributed by atoms with Crippen molar-refractivity contribution >= 4 is 17.3 Å². The third kappa shape index (κ3) is 3.96. The molecule has 1 fully saturated rings.